The van der Waals surface area contributed by atoms with Crippen LogP contribution in [0.25, 0.3) is 11.5 Å². The first kappa shape index (κ1) is 21.3. The van der Waals surface area contributed by atoms with Crippen molar-refractivity contribution in [2.75, 3.05) is 46.9 Å². The Morgan fingerprint density at radius 1 is 1.24 bits per heavy atom. The van der Waals surface area contributed by atoms with Gasteiger partial charge in [-0.2, -0.15) is 0 Å². The van der Waals surface area contributed by atoms with Gasteiger partial charge in [-0.15, -0.1) is 0 Å². The summed E-state index contributed by atoms with van der Waals surface area (Å²) in [6.45, 7) is 7.70. The van der Waals surface area contributed by atoms with Crippen LogP contribution in [0.15, 0.2) is 39.9 Å². The van der Waals surface area contributed by atoms with Crippen LogP contribution in [0.3, 0.4) is 0 Å². The predicted octanol–water partition coefficient (Wildman–Crippen LogP) is 2.67. The van der Waals surface area contributed by atoms with Gasteiger partial charge in [0.05, 0.1) is 18.8 Å². The number of rotatable bonds is 8. The average Bonchev–Trinajstić information content (AvgIpc) is 3.22. The number of hydrogen-bond acceptors (Lipinski definition) is 5. The van der Waals surface area contributed by atoms with Crippen molar-refractivity contribution in [1.29, 1.82) is 0 Å². The maximum absolute atomic E-state index is 5.62. The van der Waals surface area contributed by atoms with Gasteiger partial charge in [-0.3, -0.25) is 4.99 Å². The predicted molar refractivity (Wildman–Crippen MR) is 116 cm³/mol. The summed E-state index contributed by atoms with van der Waals surface area (Å²) in [5.41, 5.74) is 3.06. The second kappa shape index (κ2) is 11.0. The lowest BCUT2D eigenvalue weighted by Gasteiger charge is -2.32. The van der Waals surface area contributed by atoms with Gasteiger partial charge in [0, 0.05) is 32.8 Å². The summed E-state index contributed by atoms with van der Waals surface area (Å²) >= 11 is 0. The molecule has 158 valence electrons. The second-order valence-electron chi connectivity index (χ2n) is 7.59. The van der Waals surface area contributed by atoms with Crippen LogP contribution >= 0.6 is 0 Å². The SMILES string of the molecule is CN=C(NCc1coc(-c2ccc(C)cc2)n1)NCC1CCN(CCOC)CC1. The molecule has 1 aromatic heterocycles. The van der Waals surface area contributed by atoms with E-state index >= 15 is 0 Å². The number of oxazole rings is 1. The van der Waals surface area contributed by atoms with Crippen molar-refractivity contribution in [2.45, 2.75) is 26.3 Å². The van der Waals surface area contributed by atoms with Gasteiger partial charge in [-0.25, -0.2) is 4.98 Å². The minimum absolute atomic E-state index is 0.574. The van der Waals surface area contributed by atoms with Gasteiger partial charge < -0.3 is 24.7 Å². The zero-order valence-corrected chi connectivity index (χ0v) is 17.8. The van der Waals surface area contributed by atoms with E-state index in [9.17, 15) is 0 Å². The van der Waals surface area contributed by atoms with E-state index in [1.54, 1.807) is 20.4 Å². The summed E-state index contributed by atoms with van der Waals surface area (Å²) in [5.74, 6) is 2.12. The van der Waals surface area contributed by atoms with Crippen LogP contribution < -0.4 is 10.6 Å². The Bertz CT molecular complexity index is 764. The molecule has 0 amide bonds. The minimum Gasteiger partial charge on any atom is -0.444 e. The Hall–Kier alpha value is -2.38. The van der Waals surface area contributed by atoms with E-state index in [1.165, 1.54) is 18.4 Å². The van der Waals surface area contributed by atoms with Crippen LogP contribution in [0.4, 0.5) is 0 Å². The summed E-state index contributed by atoms with van der Waals surface area (Å²) in [7, 11) is 3.56. The van der Waals surface area contributed by atoms with E-state index in [4.69, 9.17) is 9.15 Å². The quantitative estimate of drug-likeness (QED) is 0.525. The van der Waals surface area contributed by atoms with Crippen LogP contribution in [-0.4, -0.2) is 62.8 Å². The standard InChI is InChI=1S/C22H33N5O2/c1-17-4-6-19(7-5-17)21-26-20(16-29-21)15-25-22(23-2)24-14-18-8-10-27(11-9-18)12-13-28-3/h4-7,16,18H,8-15H2,1-3H3,(H2,23,24,25). The molecule has 0 bridgehead atoms. The van der Waals surface area contributed by atoms with Crippen molar-refractivity contribution in [3.05, 3.63) is 41.8 Å². The van der Waals surface area contributed by atoms with E-state index < -0.39 is 0 Å². The molecule has 0 spiro atoms. The number of aryl methyl sites for hydroxylation is 1. The molecule has 1 fully saturated rings. The molecule has 0 atom stereocenters. The fourth-order valence-corrected chi connectivity index (χ4v) is 3.49. The smallest absolute Gasteiger partial charge is 0.226 e. The minimum atomic E-state index is 0.574. The number of nitrogens with one attached hydrogen (secondary N) is 2. The summed E-state index contributed by atoms with van der Waals surface area (Å²) in [6.07, 6.45) is 4.11. The molecule has 1 saturated heterocycles. The lowest BCUT2D eigenvalue weighted by atomic mass is 9.97. The lowest BCUT2D eigenvalue weighted by molar-refractivity contribution is 0.121. The van der Waals surface area contributed by atoms with E-state index in [0.29, 0.717) is 18.4 Å². The molecule has 0 radical (unpaired) electrons. The van der Waals surface area contributed by atoms with Gasteiger partial charge in [-0.05, 0) is 50.9 Å². The van der Waals surface area contributed by atoms with Crippen LogP contribution in [0.5, 0.6) is 0 Å². The zero-order valence-electron chi connectivity index (χ0n) is 17.8. The van der Waals surface area contributed by atoms with Crippen molar-refractivity contribution in [3.63, 3.8) is 0 Å². The molecule has 1 aromatic carbocycles. The molecule has 0 unspecified atom stereocenters. The Morgan fingerprint density at radius 3 is 2.69 bits per heavy atom. The van der Waals surface area contributed by atoms with E-state index in [2.05, 4.69) is 44.6 Å². The summed E-state index contributed by atoms with van der Waals surface area (Å²) in [4.78, 5) is 11.4. The monoisotopic (exact) mass is 399 g/mol. The van der Waals surface area contributed by atoms with E-state index in [-0.39, 0.29) is 0 Å². The average molecular weight is 400 g/mol. The summed E-state index contributed by atoms with van der Waals surface area (Å²) in [6, 6.07) is 8.18. The Labute approximate surface area is 173 Å². The molecule has 0 saturated carbocycles. The first-order chi connectivity index (χ1) is 14.2. The number of benzene rings is 1. The van der Waals surface area contributed by atoms with Gasteiger partial charge >= 0.3 is 0 Å². The largest absolute Gasteiger partial charge is 0.444 e. The van der Waals surface area contributed by atoms with Gasteiger partial charge in [0.25, 0.3) is 0 Å². The zero-order chi connectivity index (χ0) is 20.5. The molecule has 0 aliphatic carbocycles. The highest BCUT2D eigenvalue weighted by Gasteiger charge is 2.19. The fourth-order valence-electron chi connectivity index (χ4n) is 3.49. The van der Waals surface area contributed by atoms with Crippen LogP contribution in [0.1, 0.15) is 24.1 Å². The Kier molecular flexibility index (Phi) is 8.07. The Morgan fingerprint density at radius 2 is 2.00 bits per heavy atom. The molecular formula is C22H33N5O2. The first-order valence-electron chi connectivity index (χ1n) is 10.3. The molecule has 2 heterocycles. The van der Waals surface area contributed by atoms with Gasteiger partial charge in [0.1, 0.15) is 6.26 Å². The van der Waals surface area contributed by atoms with Crippen LogP contribution in [-0.2, 0) is 11.3 Å². The normalized spacial score (nSPS) is 16.2. The maximum atomic E-state index is 5.62. The molecule has 7 heteroatoms. The summed E-state index contributed by atoms with van der Waals surface area (Å²) < 4.78 is 10.8. The van der Waals surface area contributed by atoms with Crippen molar-refractivity contribution in [2.24, 2.45) is 10.9 Å². The molecule has 1 aliphatic rings. The number of likely N-dealkylation sites (tertiary alicyclic amines) is 1. The third-order valence-electron chi connectivity index (χ3n) is 5.39. The molecule has 3 rings (SSSR count). The molecule has 29 heavy (non-hydrogen) atoms. The number of ether oxygens (including phenoxy) is 1. The lowest BCUT2D eigenvalue weighted by Crippen LogP contribution is -2.43. The molecular weight excluding hydrogens is 366 g/mol. The van der Waals surface area contributed by atoms with Crippen LogP contribution in [0, 0.1) is 12.8 Å². The fraction of sp³-hybridized carbons (Fsp3) is 0.545. The van der Waals surface area contributed by atoms with Gasteiger partial charge in [0.2, 0.25) is 5.89 Å². The van der Waals surface area contributed by atoms with Gasteiger partial charge in [-0.1, -0.05) is 17.7 Å². The van der Waals surface area contributed by atoms with Crippen molar-refractivity contribution < 1.29 is 9.15 Å². The number of guanidine groups is 1. The highest BCUT2D eigenvalue weighted by Crippen LogP contribution is 2.19. The molecule has 7 nitrogen and oxygen atoms in total. The van der Waals surface area contributed by atoms with Crippen molar-refractivity contribution in [1.82, 2.24) is 20.5 Å². The first-order valence-corrected chi connectivity index (χ1v) is 10.3. The molecule has 2 N–H and O–H groups in total. The van der Waals surface area contributed by atoms with E-state index in [0.717, 1.165) is 50.0 Å². The van der Waals surface area contributed by atoms with Crippen molar-refractivity contribution in [3.8, 4) is 11.5 Å². The highest BCUT2D eigenvalue weighted by molar-refractivity contribution is 5.79. The topological polar surface area (TPSA) is 74.9 Å². The number of aliphatic imine (C=N–C) groups is 1. The molecule has 2 aromatic rings. The third-order valence-corrected chi connectivity index (χ3v) is 5.39. The van der Waals surface area contributed by atoms with E-state index in [1.807, 2.05) is 12.1 Å². The molecule has 1 aliphatic heterocycles. The number of aromatic nitrogens is 1. The third kappa shape index (κ3) is 6.58. The number of piperidine rings is 1. The van der Waals surface area contributed by atoms with Crippen LogP contribution in [0.2, 0.25) is 0 Å². The number of hydrogen-bond donors (Lipinski definition) is 2. The summed E-state index contributed by atoms with van der Waals surface area (Å²) in [5, 5.41) is 6.77. The maximum Gasteiger partial charge on any atom is 0.226 e. The number of nitrogens with zero attached hydrogens (tertiary/aromatic N) is 3. The Balaban J connectivity index is 1.40. The van der Waals surface area contributed by atoms with Gasteiger partial charge in [0.15, 0.2) is 5.96 Å². The highest BCUT2D eigenvalue weighted by atomic mass is 16.5. The number of methoxy groups -OCH3 is 1. The van der Waals surface area contributed by atoms with Crippen molar-refractivity contribution >= 4 is 5.96 Å². The second-order valence-corrected chi connectivity index (χ2v) is 7.59.